The SMILES string of the molecule is Cc1c(-c2ccccc2F)[nH]c2ccc(CNC(=O)[C@H]3CCCN3C(N)=O)cc12. The van der Waals surface area contributed by atoms with Crippen molar-refractivity contribution in [1.29, 1.82) is 0 Å². The molecular formula is C22H23FN4O2. The molecule has 29 heavy (non-hydrogen) atoms. The second kappa shape index (κ2) is 7.58. The van der Waals surface area contributed by atoms with Crippen LogP contribution in [0.1, 0.15) is 24.0 Å². The molecular weight excluding hydrogens is 371 g/mol. The highest BCUT2D eigenvalue weighted by molar-refractivity contribution is 5.91. The number of nitrogens with zero attached hydrogens (tertiary/aromatic N) is 1. The fourth-order valence-corrected chi connectivity index (χ4v) is 4.03. The Bertz CT molecular complexity index is 1090. The molecule has 0 radical (unpaired) electrons. The first kappa shape index (κ1) is 19.0. The Hall–Kier alpha value is -3.35. The summed E-state index contributed by atoms with van der Waals surface area (Å²) in [7, 11) is 0. The molecule has 7 heteroatoms. The predicted octanol–water partition coefficient (Wildman–Crippen LogP) is 3.44. The van der Waals surface area contributed by atoms with Gasteiger partial charge in [0.2, 0.25) is 5.91 Å². The number of likely N-dealkylation sites (tertiary alicyclic amines) is 1. The molecule has 150 valence electrons. The first-order chi connectivity index (χ1) is 14.0. The fraction of sp³-hybridized carbons (Fsp3) is 0.273. The van der Waals surface area contributed by atoms with E-state index in [0.29, 0.717) is 25.1 Å². The van der Waals surface area contributed by atoms with Crippen molar-refractivity contribution in [2.24, 2.45) is 5.73 Å². The maximum absolute atomic E-state index is 14.2. The number of carbonyl (C=O) groups excluding carboxylic acids is 2. The zero-order valence-electron chi connectivity index (χ0n) is 16.2. The second-order valence-electron chi connectivity index (χ2n) is 7.39. The minimum Gasteiger partial charge on any atom is -0.354 e. The van der Waals surface area contributed by atoms with Gasteiger partial charge in [-0.2, -0.15) is 0 Å². The second-order valence-corrected chi connectivity index (χ2v) is 7.39. The number of amides is 3. The lowest BCUT2D eigenvalue weighted by Crippen LogP contribution is -2.47. The van der Waals surface area contributed by atoms with Gasteiger partial charge < -0.3 is 20.9 Å². The van der Waals surface area contributed by atoms with Gasteiger partial charge >= 0.3 is 6.03 Å². The number of benzene rings is 2. The minimum atomic E-state index is -0.562. The lowest BCUT2D eigenvalue weighted by Gasteiger charge is -2.21. The molecule has 0 saturated carbocycles. The number of nitrogens with two attached hydrogens (primary N) is 1. The molecule has 1 fully saturated rings. The third-order valence-corrected chi connectivity index (χ3v) is 5.57. The lowest BCUT2D eigenvalue weighted by molar-refractivity contribution is -0.124. The molecule has 3 aromatic rings. The number of aromatic amines is 1. The Morgan fingerprint density at radius 3 is 2.83 bits per heavy atom. The van der Waals surface area contributed by atoms with E-state index in [-0.39, 0.29) is 11.7 Å². The van der Waals surface area contributed by atoms with Gasteiger partial charge in [0.15, 0.2) is 0 Å². The number of nitrogens with one attached hydrogen (secondary N) is 2. The van der Waals surface area contributed by atoms with Crippen LogP contribution >= 0.6 is 0 Å². The van der Waals surface area contributed by atoms with E-state index >= 15 is 0 Å². The third kappa shape index (κ3) is 3.55. The Labute approximate surface area is 167 Å². The first-order valence-electron chi connectivity index (χ1n) is 9.65. The summed E-state index contributed by atoms with van der Waals surface area (Å²) in [6.07, 6.45) is 1.39. The Kier molecular flexibility index (Phi) is 4.96. The van der Waals surface area contributed by atoms with Crippen molar-refractivity contribution in [1.82, 2.24) is 15.2 Å². The van der Waals surface area contributed by atoms with Gasteiger partial charge in [0.05, 0.1) is 5.69 Å². The average Bonchev–Trinajstić information content (AvgIpc) is 3.32. The number of aromatic nitrogens is 1. The lowest BCUT2D eigenvalue weighted by atomic mass is 10.0. The molecule has 0 unspecified atom stereocenters. The van der Waals surface area contributed by atoms with E-state index in [0.717, 1.165) is 34.1 Å². The maximum atomic E-state index is 14.2. The van der Waals surface area contributed by atoms with E-state index < -0.39 is 12.1 Å². The normalized spacial score (nSPS) is 16.3. The van der Waals surface area contributed by atoms with Crippen molar-refractivity contribution >= 4 is 22.8 Å². The number of rotatable bonds is 4. The van der Waals surface area contributed by atoms with Crippen molar-refractivity contribution in [3.63, 3.8) is 0 Å². The molecule has 0 spiro atoms. The van der Waals surface area contributed by atoms with Crippen molar-refractivity contribution in [2.75, 3.05) is 6.54 Å². The van der Waals surface area contributed by atoms with Crippen molar-refractivity contribution in [3.8, 4) is 11.3 Å². The Balaban J connectivity index is 1.54. The Morgan fingerprint density at radius 2 is 2.07 bits per heavy atom. The van der Waals surface area contributed by atoms with E-state index in [1.165, 1.54) is 11.0 Å². The number of urea groups is 1. The molecule has 1 aliphatic rings. The molecule has 1 saturated heterocycles. The zero-order chi connectivity index (χ0) is 20.5. The summed E-state index contributed by atoms with van der Waals surface area (Å²) in [5, 5.41) is 3.88. The fourth-order valence-electron chi connectivity index (χ4n) is 4.03. The van der Waals surface area contributed by atoms with Crippen LogP contribution in [0.4, 0.5) is 9.18 Å². The van der Waals surface area contributed by atoms with E-state index in [2.05, 4.69) is 10.3 Å². The summed E-state index contributed by atoms with van der Waals surface area (Å²) in [6, 6.07) is 11.4. The number of primary amides is 1. The summed E-state index contributed by atoms with van der Waals surface area (Å²) >= 11 is 0. The van der Waals surface area contributed by atoms with E-state index in [4.69, 9.17) is 5.73 Å². The summed E-state index contributed by atoms with van der Waals surface area (Å²) in [4.78, 5) is 28.6. The van der Waals surface area contributed by atoms with Crippen molar-refractivity contribution in [3.05, 3.63) is 59.4 Å². The highest BCUT2D eigenvalue weighted by Crippen LogP contribution is 2.31. The van der Waals surface area contributed by atoms with Gasteiger partial charge in [-0.1, -0.05) is 18.2 Å². The van der Waals surface area contributed by atoms with Gasteiger partial charge in [-0.25, -0.2) is 9.18 Å². The molecule has 6 nitrogen and oxygen atoms in total. The van der Waals surface area contributed by atoms with Crippen LogP contribution in [0, 0.1) is 12.7 Å². The number of fused-ring (bicyclic) bond motifs is 1. The number of hydrogen-bond donors (Lipinski definition) is 3. The number of hydrogen-bond acceptors (Lipinski definition) is 2. The summed E-state index contributed by atoms with van der Waals surface area (Å²) < 4.78 is 14.2. The Morgan fingerprint density at radius 1 is 1.28 bits per heavy atom. The maximum Gasteiger partial charge on any atom is 0.315 e. The molecule has 1 aliphatic heterocycles. The third-order valence-electron chi connectivity index (χ3n) is 5.57. The summed E-state index contributed by atoms with van der Waals surface area (Å²) in [5.74, 6) is -0.468. The van der Waals surface area contributed by atoms with Crippen LogP contribution in [0.15, 0.2) is 42.5 Å². The highest BCUT2D eigenvalue weighted by atomic mass is 19.1. The number of halogens is 1. The van der Waals surface area contributed by atoms with Crippen LogP contribution in [-0.4, -0.2) is 34.4 Å². The summed E-state index contributed by atoms with van der Waals surface area (Å²) in [5.41, 5.74) is 9.42. The zero-order valence-corrected chi connectivity index (χ0v) is 16.2. The monoisotopic (exact) mass is 394 g/mol. The number of aryl methyl sites for hydroxylation is 1. The van der Waals surface area contributed by atoms with Crippen LogP contribution in [0.25, 0.3) is 22.2 Å². The molecule has 1 atom stereocenters. The van der Waals surface area contributed by atoms with Crippen molar-refractivity contribution < 1.29 is 14.0 Å². The minimum absolute atomic E-state index is 0.195. The topological polar surface area (TPSA) is 91.2 Å². The average molecular weight is 394 g/mol. The van der Waals surface area contributed by atoms with E-state index in [9.17, 15) is 14.0 Å². The quantitative estimate of drug-likeness (QED) is 0.633. The molecule has 1 aromatic heterocycles. The molecule has 4 N–H and O–H groups in total. The van der Waals surface area contributed by atoms with Gasteiger partial charge in [0, 0.05) is 29.6 Å². The van der Waals surface area contributed by atoms with Crippen LogP contribution in [-0.2, 0) is 11.3 Å². The largest absolute Gasteiger partial charge is 0.354 e. The van der Waals surface area contributed by atoms with Crippen molar-refractivity contribution in [2.45, 2.75) is 32.4 Å². The van der Waals surface area contributed by atoms with E-state index in [1.807, 2.05) is 31.2 Å². The molecule has 0 bridgehead atoms. The van der Waals surface area contributed by atoms with Gasteiger partial charge in [0.1, 0.15) is 11.9 Å². The highest BCUT2D eigenvalue weighted by Gasteiger charge is 2.32. The molecule has 0 aliphatic carbocycles. The van der Waals surface area contributed by atoms with Gasteiger partial charge in [-0.15, -0.1) is 0 Å². The number of H-pyrrole nitrogens is 1. The number of carbonyl (C=O) groups is 2. The first-order valence-corrected chi connectivity index (χ1v) is 9.65. The van der Waals surface area contributed by atoms with Gasteiger partial charge in [0.25, 0.3) is 0 Å². The molecule has 2 heterocycles. The standard InChI is InChI=1S/C22H23FN4O2/c1-13-16-11-14(12-25-21(28)19-7-4-10-27(19)22(24)29)8-9-18(16)26-20(13)15-5-2-3-6-17(15)23/h2-3,5-6,8-9,11,19,26H,4,7,10,12H2,1H3,(H2,24,29)(H,25,28)/t19-/m1/s1. The summed E-state index contributed by atoms with van der Waals surface area (Å²) in [6.45, 7) is 2.81. The molecule has 4 rings (SSSR count). The molecule has 3 amide bonds. The smallest absolute Gasteiger partial charge is 0.315 e. The molecule has 2 aromatic carbocycles. The van der Waals surface area contributed by atoms with Crippen LogP contribution in [0.3, 0.4) is 0 Å². The van der Waals surface area contributed by atoms with Gasteiger partial charge in [-0.3, -0.25) is 4.79 Å². The van der Waals surface area contributed by atoms with Crippen LogP contribution in [0.2, 0.25) is 0 Å². The van der Waals surface area contributed by atoms with E-state index in [1.54, 1.807) is 12.1 Å². The predicted molar refractivity (Wildman–Crippen MR) is 110 cm³/mol. The van der Waals surface area contributed by atoms with Crippen LogP contribution in [0.5, 0.6) is 0 Å². The van der Waals surface area contributed by atoms with Gasteiger partial charge in [-0.05, 0) is 55.2 Å². The van der Waals surface area contributed by atoms with Crippen LogP contribution < -0.4 is 11.1 Å².